The fourth-order valence-electron chi connectivity index (χ4n) is 6.13. The molecule has 5 aliphatic rings. The molecule has 186 valence electrons. The highest BCUT2D eigenvalue weighted by molar-refractivity contribution is 5.68. The van der Waals surface area contributed by atoms with E-state index >= 15 is 0 Å². The molecule has 33 heavy (non-hydrogen) atoms. The van der Waals surface area contributed by atoms with E-state index in [1.54, 1.807) is 9.80 Å². The number of hydrogen-bond acceptors (Lipinski definition) is 5. The van der Waals surface area contributed by atoms with Crippen LogP contribution in [0.2, 0.25) is 0 Å². The summed E-state index contributed by atoms with van der Waals surface area (Å²) < 4.78 is 44.0. The lowest BCUT2D eigenvalue weighted by atomic mass is 9.80. The quantitative estimate of drug-likeness (QED) is 0.410. The van der Waals surface area contributed by atoms with Gasteiger partial charge in [-0.15, -0.1) is 0 Å². The Hall–Kier alpha value is -1.25. The Morgan fingerprint density at radius 1 is 1.15 bits per heavy atom. The number of hydrogen-bond donors (Lipinski definition) is 0. The van der Waals surface area contributed by atoms with Crippen molar-refractivity contribution in [2.75, 3.05) is 32.7 Å². The minimum absolute atomic E-state index is 0.0512. The van der Waals surface area contributed by atoms with E-state index in [2.05, 4.69) is 26.8 Å². The van der Waals surface area contributed by atoms with Gasteiger partial charge in [-0.1, -0.05) is 11.6 Å². The van der Waals surface area contributed by atoms with Gasteiger partial charge in [-0.3, -0.25) is 4.90 Å². The standard InChI is InChI=1S/C25H38F2N2O4/c1-17(2)4-5-20-23(3,32-20)21-24(33-21)10-6-19(7-11-24)31-22(30)29-13-9-18(14-29)8-12-28-15-25(26,27)16-28/h4,18-21H,5-16H2,1-3H3/t18?,19?,20-,21?,23-,24?/m1/s1. The topological polar surface area (TPSA) is 57.8 Å². The third kappa shape index (κ3) is 4.94. The highest BCUT2D eigenvalue weighted by Crippen LogP contribution is 2.60. The predicted octanol–water partition coefficient (Wildman–Crippen LogP) is 4.38. The summed E-state index contributed by atoms with van der Waals surface area (Å²) in [5, 5.41) is 0. The molecule has 1 amide bonds. The summed E-state index contributed by atoms with van der Waals surface area (Å²) in [6.07, 6.45) is 8.57. The molecule has 0 aromatic carbocycles. The van der Waals surface area contributed by atoms with E-state index in [0.717, 1.165) is 44.9 Å². The third-order valence-electron chi connectivity index (χ3n) is 8.37. The molecule has 1 aliphatic carbocycles. The molecule has 8 heteroatoms. The summed E-state index contributed by atoms with van der Waals surface area (Å²) in [5.41, 5.74) is 1.04. The lowest BCUT2D eigenvalue weighted by Gasteiger charge is -2.39. The van der Waals surface area contributed by atoms with Gasteiger partial charge in [0, 0.05) is 13.1 Å². The molecule has 4 atom stereocenters. The van der Waals surface area contributed by atoms with Gasteiger partial charge >= 0.3 is 6.09 Å². The van der Waals surface area contributed by atoms with Gasteiger partial charge in [-0.05, 0) is 78.2 Å². The second kappa shape index (κ2) is 8.45. The Morgan fingerprint density at radius 2 is 1.88 bits per heavy atom. The lowest BCUT2D eigenvalue weighted by molar-refractivity contribution is -0.131. The van der Waals surface area contributed by atoms with E-state index in [4.69, 9.17) is 14.2 Å². The smallest absolute Gasteiger partial charge is 0.410 e. The first-order valence-corrected chi connectivity index (χ1v) is 12.6. The van der Waals surface area contributed by atoms with Crippen molar-refractivity contribution in [3.8, 4) is 0 Å². The number of ether oxygens (including phenoxy) is 3. The van der Waals surface area contributed by atoms with Crippen LogP contribution in [0.1, 0.15) is 65.7 Å². The van der Waals surface area contributed by atoms with Crippen LogP contribution in [0.25, 0.3) is 0 Å². The summed E-state index contributed by atoms with van der Waals surface area (Å²) in [6.45, 7) is 8.19. The molecule has 0 aromatic rings. The first kappa shape index (κ1) is 23.5. The number of rotatable bonds is 7. The fourth-order valence-corrected chi connectivity index (χ4v) is 6.13. The second-order valence-corrected chi connectivity index (χ2v) is 11.4. The maximum absolute atomic E-state index is 13.0. The average molecular weight is 469 g/mol. The molecular formula is C25H38F2N2O4. The van der Waals surface area contributed by atoms with Gasteiger partial charge in [0.15, 0.2) is 0 Å². The van der Waals surface area contributed by atoms with Gasteiger partial charge in [0.25, 0.3) is 5.92 Å². The first-order valence-electron chi connectivity index (χ1n) is 12.6. The van der Waals surface area contributed by atoms with E-state index in [1.165, 1.54) is 5.57 Å². The van der Waals surface area contributed by atoms with Crippen LogP contribution >= 0.6 is 0 Å². The van der Waals surface area contributed by atoms with Crippen LogP contribution < -0.4 is 0 Å². The molecule has 4 aliphatic heterocycles. The van der Waals surface area contributed by atoms with E-state index in [9.17, 15) is 13.6 Å². The van der Waals surface area contributed by atoms with Gasteiger partial charge in [-0.25, -0.2) is 13.6 Å². The van der Waals surface area contributed by atoms with Crippen molar-refractivity contribution in [2.24, 2.45) is 5.92 Å². The number of allylic oxidation sites excluding steroid dienone is 1. The van der Waals surface area contributed by atoms with Crippen molar-refractivity contribution in [2.45, 2.75) is 101 Å². The van der Waals surface area contributed by atoms with Crippen molar-refractivity contribution >= 4 is 6.09 Å². The van der Waals surface area contributed by atoms with Crippen LogP contribution in [-0.2, 0) is 14.2 Å². The maximum atomic E-state index is 13.0. The Morgan fingerprint density at radius 3 is 2.55 bits per heavy atom. The molecule has 2 unspecified atom stereocenters. The maximum Gasteiger partial charge on any atom is 0.410 e. The number of carbonyl (C=O) groups is 1. The van der Waals surface area contributed by atoms with Gasteiger partial charge in [0.2, 0.25) is 0 Å². The number of alkyl halides is 2. The number of nitrogens with zero attached hydrogens (tertiary/aromatic N) is 2. The molecule has 0 N–H and O–H groups in total. The molecule has 0 bridgehead atoms. The van der Waals surface area contributed by atoms with Crippen molar-refractivity contribution in [1.29, 1.82) is 0 Å². The summed E-state index contributed by atoms with van der Waals surface area (Å²) in [7, 11) is 0. The summed E-state index contributed by atoms with van der Waals surface area (Å²) in [6, 6.07) is 0. The molecule has 0 aromatic heterocycles. The van der Waals surface area contributed by atoms with E-state index in [-0.39, 0.29) is 48.7 Å². The first-order chi connectivity index (χ1) is 15.6. The summed E-state index contributed by atoms with van der Waals surface area (Å²) in [4.78, 5) is 16.3. The van der Waals surface area contributed by atoms with Crippen LogP contribution in [0, 0.1) is 5.92 Å². The minimum atomic E-state index is -2.51. The van der Waals surface area contributed by atoms with Crippen LogP contribution in [0.5, 0.6) is 0 Å². The van der Waals surface area contributed by atoms with E-state index < -0.39 is 5.92 Å². The Kier molecular flexibility index (Phi) is 6.02. The SMILES string of the molecule is CC(C)=CC[C@H]1O[C@@]1(C)C1OC12CCC(OC(=O)N1CCC(CCN3CC(F)(F)C3)C1)CC2. The van der Waals surface area contributed by atoms with Crippen LogP contribution in [0.3, 0.4) is 0 Å². The zero-order valence-electron chi connectivity index (χ0n) is 20.2. The van der Waals surface area contributed by atoms with Gasteiger partial charge in [0.1, 0.15) is 17.8 Å². The zero-order chi connectivity index (χ0) is 23.4. The minimum Gasteiger partial charge on any atom is -0.446 e. The lowest BCUT2D eigenvalue weighted by Crippen LogP contribution is -2.56. The number of epoxide rings is 2. The molecule has 1 spiro atoms. The summed E-state index contributed by atoms with van der Waals surface area (Å²) in [5.74, 6) is -2.13. The van der Waals surface area contributed by atoms with Crippen molar-refractivity contribution in [3.63, 3.8) is 0 Å². The molecule has 4 heterocycles. The van der Waals surface area contributed by atoms with Gasteiger partial charge in [-0.2, -0.15) is 0 Å². The molecule has 5 rings (SSSR count). The second-order valence-electron chi connectivity index (χ2n) is 11.4. The number of amides is 1. The number of likely N-dealkylation sites (tertiary alicyclic amines) is 2. The Bertz CT molecular complexity index is 785. The van der Waals surface area contributed by atoms with Crippen LogP contribution in [-0.4, -0.2) is 84.1 Å². The Balaban J connectivity index is 1.00. The van der Waals surface area contributed by atoms with Crippen molar-refractivity contribution in [3.05, 3.63) is 11.6 Å². The molecule has 5 fully saturated rings. The van der Waals surface area contributed by atoms with Crippen molar-refractivity contribution < 1.29 is 27.8 Å². The molecular weight excluding hydrogens is 430 g/mol. The van der Waals surface area contributed by atoms with Crippen LogP contribution in [0.15, 0.2) is 11.6 Å². The average Bonchev–Trinajstić information content (AvgIpc) is 3.55. The largest absolute Gasteiger partial charge is 0.446 e. The zero-order valence-corrected chi connectivity index (χ0v) is 20.2. The Labute approximate surface area is 195 Å². The molecule has 4 saturated heterocycles. The van der Waals surface area contributed by atoms with E-state index in [1.807, 2.05) is 0 Å². The molecule has 6 nitrogen and oxygen atoms in total. The highest BCUT2D eigenvalue weighted by atomic mass is 19.3. The number of carbonyl (C=O) groups excluding carboxylic acids is 1. The predicted molar refractivity (Wildman–Crippen MR) is 119 cm³/mol. The van der Waals surface area contributed by atoms with Gasteiger partial charge < -0.3 is 19.1 Å². The van der Waals surface area contributed by atoms with Crippen LogP contribution in [0.4, 0.5) is 13.6 Å². The van der Waals surface area contributed by atoms with Crippen molar-refractivity contribution in [1.82, 2.24) is 9.80 Å². The normalized spacial score (nSPS) is 41.5. The third-order valence-corrected chi connectivity index (χ3v) is 8.37. The summed E-state index contributed by atoms with van der Waals surface area (Å²) >= 11 is 0. The van der Waals surface area contributed by atoms with E-state index in [0.29, 0.717) is 25.6 Å². The number of halogens is 2. The highest BCUT2D eigenvalue weighted by Gasteiger charge is 2.73. The van der Waals surface area contributed by atoms with Gasteiger partial charge in [0.05, 0.1) is 24.8 Å². The monoisotopic (exact) mass is 468 g/mol. The molecule has 1 saturated carbocycles. The fraction of sp³-hybridized carbons (Fsp3) is 0.880. The molecule has 0 radical (unpaired) electrons.